The molecule has 2 aromatic rings. The molecule has 0 aliphatic rings. The first-order valence-electron chi connectivity index (χ1n) is 6.95. The van der Waals surface area contributed by atoms with Crippen molar-refractivity contribution in [2.24, 2.45) is 0 Å². The lowest BCUT2D eigenvalue weighted by Gasteiger charge is -2.13. The molecule has 0 aliphatic carbocycles. The van der Waals surface area contributed by atoms with Crippen LogP contribution >= 0.6 is 0 Å². The Morgan fingerprint density at radius 2 is 1.87 bits per heavy atom. The van der Waals surface area contributed by atoms with Gasteiger partial charge in [-0.1, -0.05) is 24.3 Å². The number of hydrogen-bond donors (Lipinski definition) is 1. The highest BCUT2D eigenvalue weighted by atomic mass is 32.2. The molecule has 23 heavy (non-hydrogen) atoms. The third kappa shape index (κ3) is 4.41. The molecule has 2 aromatic carbocycles. The lowest BCUT2D eigenvalue weighted by molar-refractivity contribution is 0.235. The summed E-state index contributed by atoms with van der Waals surface area (Å²) in [5, 5.41) is 2.82. The molecular weight excluding hydrogens is 324 g/mol. The predicted octanol–water partition coefficient (Wildman–Crippen LogP) is 3.48. The second kappa shape index (κ2) is 7.41. The van der Waals surface area contributed by atoms with E-state index in [1.165, 1.54) is 12.1 Å². The van der Waals surface area contributed by atoms with E-state index in [4.69, 9.17) is 4.74 Å². The number of ether oxygens (including phenoxy) is 1. The summed E-state index contributed by atoms with van der Waals surface area (Å²) in [6.07, 6.45) is 0. The fourth-order valence-electron chi connectivity index (χ4n) is 2.02. The van der Waals surface area contributed by atoms with E-state index >= 15 is 0 Å². The summed E-state index contributed by atoms with van der Waals surface area (Å²) in [4.78, 5) is -0.412. The minimum Gasteiger partial charge on any atom is -0.492 e. The van der Waals surface area contributed by atoms with Crippen LogP contribution in [-0.2, 0) is 9.84 Å². The molecule has 0 heterocycles. The molecule has 124 valence electrons. The van der Waals surface area contributed by atoms with Gasteiger partial charge >= 0.3 is 5.76 Å². The SMILES string of the molecule is Cc1cccc(OCCNc2ccccc2S(=O)(=O)C(F)F)c1. The van der Waals surface area contributed by atoms with Gasteiger partial charge in [-0.3, -0.25) is 0 Å². The van der Waals surface area contributed by atoms with Gasteiger partial charge in [-0.2, -0.15) is 8.78 Å². The van der Waals surface area contributed by atoms with Gasteiger partial charge in [0.25, 0.3) is 0 Å². The zero-order valence-electron chi connectivity index (χ0n) is 12.5. The molecule has 2 rings (SSSR count). The van der Waals surface area contributed by atoms with Gasteiger partial charge in [-0.15, -0.1) is 0 Å². The maximum atomic E-state index is 12.7. The Kier molecular flexibility index (Phi) is 5.54. The molecule has 0 atom stereocenters. The molecule has 0 radical (unpaired) electrons. The van der Waals surface area contributed by atoms with E-state index in [9.17, 15) is 17.2 Å². The molecule has 4 nitrogen and oxygen atoms in total. The number of aryl methyl sites for hydroxylation is 1. The van der Waals surface area contributed by atoms with E-state index in [-0.39, 0.29) is 18.8 Å². The van der Waals surface area contributed by atoms with Crippen LogP contribution in [0.2, 0.25) is 0 Å². The number of alkyl halides is 2. The zero-order chi connectivity index (χ0) is 16.9. The fourth-order valence-corrected chi connectivity index (χ4v) is 2.92. The van der Waals surface area contributed by atoms with Crippen molar-refractivity contribution in [3.63, 3.8) is 0 Å². The molecule has 0 unspecified atom stereocenters. The van der Waals surface area contributed by atoms with Crippen molar-refractivity contribution in [1.29, 1.82) is 0 Å². The molecule has 0 fully saturated rings. The van der Waals surface area contributed by atoms with E-state index in [0.29, 0.717) is 5.75 Å². The third-order valence-corrected chi connectivity index (χ3v) is 4.54. The summed E-state index contributed by atoms with van der Waals surface area (Å²) in [5.74, 6) is -2.76. The molecule has 0 amide bonds. The Morgan fingerprint density at radius 1 is 1.13 bits per heavy atom. The van der Waals surface area contributed by atoms with Gasteiger partial charge in [0.1, 0.15) is 12.4 Å². The van der Waals surface area contributed by atoms with Gasteiger partial charge in [-0.05, 0) is 36.8 Å². The number of anilines is 1. The Balaban J connectivity index is 1.99. The highest BCUT2D eigenvalue weighted by Gasteiger charge is 2.28. The topological polar surface area (TPSA) is 55.4 Å². The minimum absolute atomic E-state index is 0.139. The Labute approximate surface area is 134 Å². The predicted molar refractivity (Wildman–Crippen MR) is 84.8 cm³/mol. The quantitative estimate of drug-likeness (QED) is 0.784. The van der Waals surface area contributed by atoms with Crippen LogP contribution in [0.5, 0.6) is 5.75 Å². The summed E-state index contributed by atoms with van der Waals surface area (Å²) in [7, 11) is -4.64. The smallest absolute Gasteiger partial charge is 0.341 e. The number of sulfone groups is 1. The van der Waals surface area contributed by atoms with Crippen LogP contribution in [0, 0.1) is 6.92 Å². The summed E-state index contributed by atoms with van der Waals surface area (Å²) < 4.78 is 54.1. The first-order valence-corrected chi connectivity index (χ1v) is 8.50. The Morgan fingerprint density at radius 3 is 2.57 bits per heavy atom. The lowest BCUT2D eigenvalue weighted by Crippen LogP contribution is -2.17. The van der Waals surface area contributed by atoms with E-state index in [1.54, 1.807) is 6.07 Å². The summed E-state index contributed by atoms with van der Waals surface area (Å²) >= 11 is 0. The number of benzene rings is 2. The van der Waals surface area contributed by atoms with Gasteiger partial charge in [0.2, 0.25) is 9.84 Å². The number of para-hydroxylation sites is 1. The Bertz CT molecular complexity index is 763. The van der Waals surface area contributed by atoms with Crippen molar-refractivity contribution >= 4 is 15.5 Å². The van der Waals surface area contributed by atoms with Crippen molar-refractivity contribution in [3.8, 4) is 5.75 Å². The third-order valence-electron chi connectivity index (χ3n) is 3.10. The van der Waals surface area contributed by atoms with Gasteiger partial charge in [0, 0.05) is 6.54 Å². The van der Waals surface area contributed by atoms with E-state index in [1.807, 2.05) is 31.2 Å². The second-order valence-electron chi connectivity index (χ2n) is 4.89. The average molecular weight is 341 g/mol. The first kappa shape index (κ1) is 17.2. The molecule has 0 bridgehead atoms. The molecule has 0 aliphatic heterocycles. The molecule has 0 saturated heterocycles. The maximum absolute atomic E-state index is 12.7. The zero-order valence-corrected chi connectivity index (χ0v) is 13.3. The number of nitrogens with one attached hydrogen (secondary N) is 1. The monoisotopic (exact) mass is 341 g/mol. The van der Waals surface area contributed by atoms with Crippen molar-refractivity contribution in [3.05, 3.63) is 54.1 Å². The Hall–Kier alpha value is -2.15. The van der Waals surface area contributed by atoms with Crippen LogP contribution in [-0.4, -0.2) is 27.3 Å². The first-order chi connectivity index (χ1) is 10.9. The standard InChI is InChI=1S/C16H17F2NO3S/c1-12-5-4-6-13(11-12)22-10-9-19-14-7-2-3-8-15(14)23(20,21)16(17)18/h2-8,11,16,19H,9-10H2,1H3. The van der Waals surface area contributed by atoms with Gasteiger partial charge < -0.3 is 10.1 Å². The van der Waals surface area contributed by atoms with E-state index in [2.05, 4.69) is 5.32 Å². The van der Waals surface area contributed by atoms with Crippen LogP contribution in [0.15, 0.2) is 53.4 Å². The van der Waals surface area contributed by atoms with Crippen LogP contribution in [0.4, 0.5) is 14.5 Å². The summed E-state index contributed by atoms with van der Waals surface area (Å²) in [6.45, 7) is 2.49. The van der Waals surface area contributed by atoms with E-state index in [0.717, 1.165) is 11.6 Å². The van der Waals surface area contributed by atoms with Crippen LogP contribution in [0.1, 0.15) is 5.56 Å². The van der Waals surface area contributed by atoms with Crippen molar-refractivity contribution < 1.29 is 21.9 Å². The van der Waals surface area contributed by atoms with Crippen LogP contribution in [0.25, 0.3) is 0 Å². The second-order valence-corrected chi connectivity index (χ2v) is 6.78. The molecule has 0 spiro atoms. The summed E-state index contributed by atoms with van der Waals surface area (Å²) in [5.41, 5.74) is 1.20. The van der Waals surface area contributed by atoms with Crippen molar-refractivity contribution in [2.75, 3.05) is 18.5 Å². The van der Waals surface area contributed by atoms with Gasteiger partial charge in [0.05, 0.1) is 10.6 Å². The number of hydrogen-bond acceptors (Lipinski definition) is 4. The number of halogens is 2. The minimum atomic E-state index is -4.64. The van der Waals surface area contributed by atoms with Gasteiger partial charge in [0.15, 0.2) is 0 Å². The fraction of sp³-hybridized carbons (Fsp3) is 0.250. The van der Waals surface area contributed by atoms with Gasteiger partial charge in [-0.25, -0.2) is 8.42 Å². The normalized spacial score (nSPS) is 11.5. The maximum Gasteiger partial charge on any atom is 0.341 e. The molecule has 7 heteroatoms. The highest BCUT2D eigenvalue weighted by Crippen LogP contribution is 2.25. The van der Waals surface area contributed by atoms with Crippen LogP contribution in [0.3, 0.4) is 0 Å². The molecule has 1 N–H and O–H groups in total. The van der Waals surface area contributed by atoms with Crippen LogP contribution < -0.4 is 10.1 Å². The van der Waals surface area contributed by atoms with Crippen molar-refractivity contribution in [2.45, 2.75) is 17.6 Å². The highest BCUT2D eigenvalue weighted by molar-refractivity contribution is 7.91. The molecular formula is C16H17F2NO3S. The largest absolute Gasteiger partial charge is 0.492 e. The molecule has 0 aromatic heterocycles. The lowest BCUT2D eigenvalue weighted by atomic mass is 10.2. The summed E-state index contributed by atoms with van der Waals surface area (Å²) in [6, 6.07) is 13.1. The van der Waals surface area contributed by atoms with E-state index < -0.39 is 20.5 Å². The number of rotatable bonds is 7. The molecule has 0 saturated carbocycles. The van der Waals surface area contributed by atoms with Crippen molar-refractivity contribution in [1.82, 2.24) is 0 Å². The average Bonchev–Trinajstić information content (AvgIpc) is 2.52.